The highest BCUT2D eigenvalue weighted by molar-refractivity contribution is 9.10. The number of halogens is 1. The van der Waals surface area contributed by atoms with E-state index in [0.717, 1.165) is 38.3 Å². The molecule has 6 heteroatoms. The van der Waals surface area contributed by atoms with Crippen LogP contribution in [0.1, 0.15) is 0 Å². The molecule has 1 aliphatic heterocycles. The first kappa shape index (κ1) is 13.0. The molecular weight excluding hydrogens is 349 g/mol. The van der Waals surface area contributed by atoms with E-state index >= 15 is 0 Å². The van der Waals surface area contributed by atoms with Gasteiger partial charge in [-0.1, -0.05) is 12.1 Å². The molecule has 0 fully saturated rings. The quantitative estimate of drug-likeness (QED) is 0.626. The molecule has 3 heterocycles. The van der Waals surface area contributed by atoms with Gasteiger partial charge in [0.2, 0.25) is 0 Å². The minimum absolute atomic E-state index is 0.451. The van der Waals surface area contributed by atoms with Crippen LogP contribution >= 0.6 is 25.2 Å². The summed E-state index contributed by atoms with van der Waals surface area (Å²) in [6, 6.07) is 9.94. The lowest BCUT2D eigenvalue weighted by atomic mass is 10.1. The fourth-order valence-electron chi connectivity index (χ4n) is 2.57. The predicted molar refractivity (Wildman–Crippen MR) is 88.6 cm³/mol. The first-order chi connectivity index (χ1) is 10.3. The van der Waals surface area contributed by atoms with E-state index in [1.54, 1.807) is 12.4 Å². The molecule has 1 atom stereocenters. The van der Waals surface area contributed by atoms with Gasteiger partial charge in [0.1, 0.15) is 16.2 Å². The Morgan fingerprint density at radius 2 is 2.00 bits per heavy atom. The molecule has 2 aromatic heterocycles. The van der Waals surface area contributed by atoms with E-state index in [0.29, 0.717) is 6.73 Å². The number of hydrogen-bond donors (Lipinski definition) is 0. The zero-order chi connectivity index (χ0) is 14.4. The van der Waals surface area contributed by atoms with Crippen LogP contribution in [0.3, 0.4) is 0 Å². The van der Waals surface area contributed by atoms with Gasteiger partial charge >= 0.3 is 0 Å². The van der Waals surface area contributed by atoms with E-state index in [9.17, 15) is 0 Å². The highest BCUT2D eigenvalue weighted by Crippen LogP contribution is 2.39. The summed E-state index contributed by atoms with van der Waals surface area (Å²) >= 11 is 3.58. The van der Waals surface area contributed by atoms with Crippen LogP contribution in [0.25, 0.3) is 22.6 Å². The molecule has 4 rings (SSSR count). The van der Waals surface area contributed by atoms with Gasteiger partial charge in [-0.25, -0.2) is 4.98 Å². The summed E-state index contributed by atoms with van der Waals surface area (Å²) < 4.78 is 8.77. The standard InChI is InChI=1S/C15H11BrN3OP/c16-14-13(9-4-6-17-7-5-9)19-8-20-10-2-1-3-11(21)12(10)15(19)18-14/h1-7H,8,21H2. The SMILES string of the molecule is Pc1cccc2c1-c1nc(Br)c(-c3ccncc3)n1CO2. The third kappa shape index (κ3) is 2.00. The average Bonchev–Trinajstić information content (AvgIpc) is 2.84. The molecule has 104 valence electrons. The zero-order valence-corrected chi connectivity index (χ0v) is 13.7. The Morgan fingerprint density at radius 1 is 1.19 bits per heavy atom. The van der Waals surface area contributed by atoms with Crippen molar-refractivity contribution in [1.82, 2.24) is 14.5 Å². The number of fused-ring (bicyclic) bond motifs is 3. The van der Waals surface area contributed by atoms with E-state index in [1.165, 1.54) is 0 Å². The normalized spacial score (nSPS) is 12.5. The molecule has 0 aliphatic carbocycles. The molecule has 0 radical (unpaired) electrons. The zero-order valence-electron chi connectivity index (χ0n) is 11.0. The van der Waals surface area contributed by atoms with Gasteiger partial charge in [-0.2, -0.15) is 0 Å². The molecular formula is C15H11BrN3OP. The lowest BCUT2D eigenvalue weighted by Gasteiger charge is -2.22. The second-order valence-corrected chi connectivity index (χ2v) is 6.11. The smallest absolute Gasteiger partial charge is 0.167 e. The van der Waals surface area contributed by atoms with E-state index in [4.69, 9.17) is 9.72 Å². The van der Waals surface area contributed by atoms with Crippen molar-refractivity contribution < 1.29 is 4.74 Å². The molecule has 3 aromatic rings. The first-order valence-electron chi connectivity index (χ1n) is 6.44. The number of pyridine rings is 1. The number of ether oxygens (including phenoxy) is 1. The van der Waals surface area contributed by atoms with Crippen molar-refractivity contribution >= 4 is 30.5 Å². The molecule has 21 heavy (non-hydrogen) atoms. The number of benzene rings is 1. The van der Waals surface area contributed by atoms with Crippen LogP contribution in [0, 0.1) is 0 Å². The number of rotatable bonds is 1. The van der Waals surface area contributed by atoms with Crippen LogP contribution in [0.5, 0.6) is 5.75 Å². The summed E-state index contributed by atoms with van der Waals surface area (Å²) in [5.41, 5.74) is 3.09. The number of imidazole rings is 1. The van der Waals surface area contributed by atoms with Crippen LogP contribution in [-0.4, -0.2) is 14.5 Å². The molecule has 1 aliphatic rings. The third-order valence-electron chi connectivity index (χ3n) is 3.51. The maximum absolute atomic E-state index is 5.88. The third-order valence-corrected chi connectivity index (χ3v) is 4.54. The first-order valence-corrected chi connectivity index (χ1v) is 7.81. The number of hydrogen-bond acceptors (Lipinski definition) is 3. The van der Waals surface area contributed by atoms with Crippen molar-refractivity contribution in [2.24, 2.45) is 0 Å². The molecule has 1 unspecified atom stereocenters. The number of aromatic nitrogens is 3. The van der Waals surface area contributed by atoms with Crippen LogP contribution < -0.4 is 10.0 Å². The molecule has 0 N–H and O–H groups in total. The van der Waals surface area contributed by atoms with Crippen molar-refractivity contribution in [3.63, 3.8) is 0 Å². The summed E-state index contributed by atoms with van der Waals surface area (Å²) in [7, 11) is 2.75. The lowest BCUT2D eigenvalue weighted by Crippen LogP contribution is -2.17. The van der Waals surface area contributed by atoms with Crippen LogP contribution in [0.4, 0.5) is 0 Å². The molecule has 1 aromatic carbocycles. The van der Waals surface area contributed by atoms with Gasteiger partial charge in [0, 0.05) is 18.0 Å². The van der Waals surface area contributed by atoms with Crippen LogP contribution in [0.2, 0.25) is 0 Å². The monoisotopic (exact) mass is 359 g/mol. The molecule has 0 saturated carbocycles. The summed E-state index contributed by atoms with van der Waals surface area (Å²) in [5, 5.41) is 1.08. The van der Waals surface area contributed by atoms with Gasteiger partial charge in [-0.15, -0.1) is 9.24 Å². The Balaban J connectivity index is 1.99. The van der Waals surface area contributed by atoms with E-state index in [2.05, 4.69) is 34.7 Å². The van der Waals surface area contributed by atoms with Crippen molar-refractivity contribution in [2.75, 3.05) is 0 Å². The molecule has 0 bridgehead atoms. The second kappa shape index (κ2) is 4.93. The predicted octanol–water partition coefficient (Wildman–Crippen LogP) is 3.22. The Hall–Kier alpha value is -1.71. The van der Waals surface area contributed by atoms with Gasteiger partial charge in [-0.05, 0) is 39.4 Å². The van der Waals surface area contributed by atoms with Gasteiger partial charge in [-0.3, -0.25) is 9.55 Å². The second-order valence-electron chi connectivity index (χ2n) is 4.73. The Kier molecular flexibility index (Phi) is 3.05. The highest BCUT2D eigenvalue weighted by Gasteiger charge is 2.25. The summed E-state index contributed by atoms with van der Waals surface area (Å²) in [5.74, 6) is 1.79. The fourth-order valence-corrected chi connectivity index (χ4v) is 3.56. The maximum atomic E-state index is 5.88. The maximum Gasteiger partial charge on any atom is 0.167 e. The summed E-state index contributed by atoms with van der Waals surface area (Å²) in [4.78, 5) is 8.76. The van der Waals surface area contributed by atoms with Gasteiger partial charge in [0.05, 0.1) is 11.3 Å². The fraction of sp³-hybridized carbons (Fsp3) is 0.0667. The van der Waals surface area contributed by atoms with Crippen LogP contribution in [-0.2, 0) is 6.73 Å². The molecule has 4 nitrogen and oxygen atoms in total. The minimum Gasteiger partial charge on any atom is -0.472 e. The lowest BCUT2D eigenvalue weighted by molar-refractivity contribution is 0.232. The van der Waals surface area contributed by atoms with Crippen molar-refractivity contribution in [2.45, 2.75) is 6.73 Å². The minimum atomic E-state index is 0.451. The molecule has 0 saturated heterocycles. The van der Waals surface area contributed by atoms with Gasteiger partial charge in [0.15, 0.2) is 6.73 Å². The molecule has 0 spiro atoms. The summed E-state index contributed by atoms with van der Waals surface area (Å²) in [6.45, 7) is 0.451. The Labute approximate surface area is 132 Å². The van der Waals surface area contributed by atoms with Crippen LogP contribution in [0.15, 0.2) is 47.3 Å². The van der Waals surface area contributed by atoms with E-state index in [1.807, 2.05) is 30.3 Å². The summed E-state index contributed by atoms with van der Waals surface area (Å²) in [6.07, 6.45) is 3.56. The van der Waals surface area contributed by atoms with Gasteiger partial charge < -0.3 is 4.74 Å². The van der Waals surface area contributed by atoms with Crippen molar-refractivity contribution in [1.29, 1.82) is 0 Å². The Morgan fingerprint density at radius 3 is 2.81 bits per heavy atom. The van der Waals surface area contributed by atoms with Crippen molar-refractivity contribution in [3.05, 3.63) is 47.3 Å². The average molecular weight is 360 g/mol. The van der Waals surface area contributed by atoms with Crippen molar-refractivity contribution in [3.8, 4) is 28.4 Å². The topological polar surface area (TPSA) is 39.9 Å². The molecule has 0 amide bonds. The number of nitrogens with zero attached hydrogens (tertiary/aromatic N) is 3. The largest absolute Gasteiger partial charge is 0.472 e. The van der Waals surface area contributed by atoms with Gasteiger partial charge in [0.25, 0.3) is 0 Å². The van der Waals surface area contributed by atoms with E-state index < -0.39 is 0 Å². The Bertz CT molecular complexity index is 832. The highest BCUT2D eigenvalue weighted by atomic mass is 79.9. The van der Waals surface area contributed by atoms with E-state index in [-0.39, 0.29) is 0 Å².